The van der Waals surface area contributed by atoms with E-state index in [4.69, 9.17) is 16.2 Å². The fraction of sp³-hybridized carbons (Fsp3) is 0.583. The van der Waals surface area contributed by atoms with Crippen LogP contribution in [0.1, 0.15) is 5.56 Å². The summed E-state index contributed by atoms with van der Waals surface area (Å²) in [6.45, 7) is 3.50. The molecule has 0 fully saturated rings. The Kier molecular flexibility index (Phi) is 11.8. The average Bonchev–Trinajstić information content (AvgIpc) is 2.40. The normalized spacial score (nSPS) is 9.89. The Morgan fingerprint density at radius 3 is 2.53 bits per heavy atom. The van der Waals surface area contributed by atoms with Gasteiger partial charge in [0.05, 0.1) is 13.2 Å². The third-order valence-electron chi connectivity index (χ3n) is 2.09. The lowest BCUT2D eigenvalue weighted by atomic mass is 10.2. The molecule has 110 valence electrons. The molecule has 0 spiro atoms. The first-order valence-corrected chi connectivity index (χ1v) is 6.73. The van der Waals surface area contributed by atoms with Crippen molar-refractivity contribution in [2.75, 3.05) is 46.3 Å². The highest BCUT2D eigenvalue weighted by molar-refractivity contribution is 9.10. The molecule has 7 heteroatoms. The second kappa shape index (κ2) is 12.3. The lowest BCUT2D eigenvalue weighted by Gasteiger charge is -2.06. The Labute approximate surface area is 123 Å². The van der Waals surface area contributed by atoms with Gasteiger partial charge in [-0.3, -0.25) is 0 Å². The van der Waals surface area contributed by atoms with E-state index in [-0.39, 0.29) is 0 Å². The summed E-state index contributed by atoms with van der Waals surface area (Å²) in [7, 11) is 3.31. The van der Waals surface area contributed by atoms with Crippen LogP contribution < -0.4 is 16.8 Å². The summed E-state index contributed by atoms with van der Waals surface area (Å²) in [5.74, 6) is 0.568. The van der Waals surface area contributed by atoms with Gasteiger partial charge in [0.1, 0.15) is 5.82 Å². The maximum Gasteiger partial charge on any atom is 0.127 e. The zero-order valence-electron chi connectivity index (χ0n) is 11.5. The Morgan fingerprint density at radius 2 is 2.00 bits per heavy atom. The van der Waals surface area contributed by atoms with E-state index in [1.807, 2.05) is 6.07 Å². The van der Waals surface area contributed by atoms with E-state index in [2.05, 4.69) is 31.0 Å². The molecule has 0 atom stereocenters. The number of aromatic nitrogens is 1. The van der Waals surface area contributed by atoms with Crippen LogP contribution in [-0.4, -0.2) is 45.5 Å². The molecule has 1 aromatic heterocycles. The number of nitrogens with one attached hydrogen (secondary N) is 1. The Morgan fingerprint density at radius 1 is 1.32 bits per heavy atom. The first-order valence-electron chi connectivity index (χ1n) is 5.94. The third-order valence-corrected chi connectivity index (χ3v) is 2.52. The van der Waals surface area contributed by atoms with Gasteiger partial charge in [0.25, 0.3) is 0 Å². The molecule has 0 radical (unpaired) electrons. The second-order valence-electron chi connectivity index (χ2n) is 3.65. The molecule has 0 aliphatic carbocycles. The molecular formula is C12H23BrN4O2. The molecule has 5 N–H and O–H groups in total. The van der Waals surface area contributed by atoms with Crippen LogP contribution in [0.3, 0.4) is 0 Å². The molecule has 0 aliphatic rings. The molecule has 0 saturated heterocycles. The van der Waals surface area contributed by atoms with E-state index in [1.54, 1.807) is 20.4 Å². The summed E-state index contributed by atoms with van der Waals surface area (Å²) in [4.78, 5) is 4.04. The molecule has 1 heterocycles. The SMILES string of the molecule is COCCN.COCCNCc1cc(Br)cnc1N. The molecule has 0 saturated carbocycles. The summed E-state index contributed by atoms with van der Waals surface area (Å²) < 4.78 is 10.4. The van der Waals surface area contributed by atoms with Gasteiger partial charge in [-0.15, -0.1) is 0 Å². The van der Waals surface area contributed by atoms with Gasteiger partial charge in [-0.05, 0) is 22.0 Å². The summed E-state index contributed by atoms with van der Waals surface area (Å²) in [6, 6.07) is 1.96. The van der Waals surface area contributed by atoms with Crippen LogP contribution in [0.15, 0.2) is 16.7 Å². The van der Waals surface area contributed by atoms with E-state index in [9.17, 15) is 0 Å². The van der Waals surface area contributed by atoms with Crippen LogP contribution in [0.2, 0.25) is 0 Å². The van der Waals surface area contributed by atoms with Gasteiger partial charge < -0.3 is 26.3 Å². The molecule has 19 heavy (non-hydrogen) atoms. The van der Waals surface area contributed by atoms with Crippen LogP contribution in [0.25, 0.3) is 0 Å². The Hall–Kier alpha value is -0.730. The zero-order valence-corrected chi connectivity index (χ0v) is 13.1. The van der Waals surface area contributed by atoms with Gasteiger partial charge >= 0.3 is 0 Å². The van der Waals surface area contributed by atoms with Gasteiger partial charge in [-0.25, -0.2) is 4.98 Å². The average molecular weight is 335 g/mol. The van der Waals surface area contributed by atoms with Gasteiger partial charge in [0.15, 0.2) is 0 Å². The minimum atomic E-state index is 0.568. The quantitative estimate of drug-likeness (QED) is 0.637. The number of ether oxygens (including phenoxy) is 2. The van der Waals surface area contributed by atoms with Crippen molar-refractivity contribution in [2.24, 2.45) is 5.73 Å². The molecule has 1 rings (SSSR count). The van der Waals surface area contributed by atoms with Crippen LogP contribution in [-0.2, 0) is 16.0 Å². The molecule has 0 unspecified atom stereocenters. The molecule has 0 aromatic carbocycles. The fourth-order valence-corrected chi connectivity index (χ4v) is 1.53. The highest BCUT2D eigenvalue weighted by Crippen LogP contribution is 2.14. The smallest absolute Gasteiger partial charge is 0.127 e. The molecular weight excluding hydrogens is 312 g/mol. The van der Waals surface area contributed by atoms with E-state index < -0.39 is 0 Å². The number of methoxy groups -OCH3 is 2. The predicted octanol–water partition coefficient (Wildman–Crippen LogP) is 0.754. The highest BCUT2D eigenvalue weighted by atomic mass is 79.9. The van der Waals surface area contributed by atoms with E-state index in [0.717, 1.165) is 16.6 Å². The second-order valence-corrected chi connectivity index (χ2v) is 4.56. The standard InChI is InChI=1S/C9H14BrN3O.C3H9NO/c1-14-3-2-12-5-7-4-8(10)6-13-9(7)11;1-5-3-2-4/h4,6,12H,2-3,5H2,1H3,(H2,11,13);2-4H2,1H3. The number of nitrogens with two attached hydrogens (primary N) is 2. The fourth-order valence-electron chi connectivity index (χ4n) is 1.15. The summed E-state index contributed by atoms with van der Waals surface area (Å²) in [6.07, 6.45) is 1.69. The van der Waals surface area contributed by atoms with Crippen LogP contribution in [0, 0.1) is 0 Å². The van der Waals surface area contributed by atoms with E-state index in [0.29, 0.717) is 32.1 Å². The number of nitrogens with zero attached hydrogens (tertiary/aromatic N) is 1. The van der Waals surface area contributed by atoms with Crippen molar-refractivity contribution in [1.29, 1.82) is 0 Å². The third kappa shape index (κ3) is 9.80. The highest BCUT2D eigenvalue weighted by Gasteiger charge is 2.00. The number of anilines is 1. The summed E-state index contributed by atoms with van der Waals surface area (Å²) >= 11 is 3.35. The topological polar surface area (TPSA) is 95.4 Å². The van der Waals surface area contributed by atoms with Crippen molar-refractivity contribution in [2.45, 2.75) is 6.54 Å². The van der Waals surface area contributed by atoms with Crippen molar-refractivity contribution >= 4 is 21.7 Å². The predicted molar refractivity (Wildman–Crippen MR) is 80.9 cm³/mol. The Bertz CT molecular complexity index is 338. The van der Waals surface area contributed by atoms with E-state index >= 15 is 0 Å². The monoisotopic (exact) mass is 334 g/mol. The van der Waals surface area contributed by atoms with Gasteiger partial charge in [-0.1, -0.05) is 0 Å². The van der Waals surface area contributed by atoms with E-state index in [1.165, 1.54) is 0 Å². The lowest BCUT2D eigenvalue weighted by Crippen LogP contribution is -2.19. The van der Waals surface area contributed by atoms with Crippen molar-refractivity contribution in [3.63, 3.8) is 0 Å². The maximum absolute atomic E-state index is 5.70. The maximum atomic E-state index is 5.70. The number of halogens is 1. The molecule has 6 nitrogen and oxygen atoms in total. The first kappa shape index (κ1) is 18.3. The zero-order chi connectivity index (χ0) is 14.5. The lowest BCUT2D eigenvalue weighted by molar-refractivity contribution is 0.199. The Balaban J connectivity index is 0.000000555. The van der Waals surface area contributed by atoms with Crippen molar-refractivity contribution in [1.82, 2.24) is 10.3 Å². The minimum absolute atomic E-state index is 0.568. The summed E-state index contributed by atoms with van der Waals surface area (Å²) in [5.41, 5.74) is 11.7. The molecule has 1 aromatic rings. The van der Waals surface area contributed by atoms with Gasteiger partial charge in [-0.2, -0.15) is 0 Å². The van der Waals surface area contributed by atoms with Gasteiger partial charge in [0.2, 0.25) is 0 Å². The number of nitrogen functional groups attached to an aromatic ring is 1. The molecule has 0 bridgehead atoms. The number of pyridine rings is 1. The largest absolute Gasteiger partial charge is 0.383 e. The van der Waals surface area contributed by atoms with Crippen LogP contribution >= 0.6 is 15.9 Å². The minimum Gasteiger partial charge on any atom is -0.383 e. The van der Waals surface area contributed by atoms with Crippen molar-refractivity contribution < 1.29 is 9.47 Å². The van der Waals surface area contributed by atoms with Crippen LogP contribution in [0.4, 0.5) is 5.82 Å². The van der Waals surface area contributed by atoms with Crippen LogP contribution in [0.5, 0.6) is 0 Å². The first-order chi connectivity index (χ1) is 9.15. The number of rotatable bonds is 7. The number of hydrogen-bond acceptors (Lipinski definition) is 6. The summed E-state index contributed by atoms with van der Waals surface area (Å²) in [5, 5.41) is 3.20. The van der Waals surface area contributed by atoms with Crippen molar-refractivity contribution in [3.8, 4) is 0 Å². The molecule has 0 aliphatic heterocycles. The molecule has 0 amide bonds. The van der Waals surface area contributed by atoms with Crippen molar-refractivity contribution in [3.05, 3.63) is 22.3 Å². The number of hydrogen-bond donors (Lipinski definition) is 3. The van der Waals surface area contributed by atoms with Gasteiger partial charge in [0, 0.05) is 50.1 Å².